The lowest BCUT2D eigenvalue weighted by molar-refractivity contribution is 0.129. The number of hydrogen-bond acceptors (Lipinski definition) is 4. The Kier molecular flexibility index (Phi) is 11.3. The third kappa shape index (κ3) is 8.83. The van der Waals surface area contributed by atoms with Crippen LogP contribution in [-0.2, 0) is 17.9 Å². The van der Waals surface area contributed by atoms with Crippen LogP contribution in [0.2, 0.25) is 10.0 Å². The third-order valence-corrected chi connectivity index (χ3v) is 4.92. The van der Waals surface area contributed by atoms with Crippen molar-refractivity contribution in [2.45, 2.75) is 46.3 Å². The van der Waals surface area contributed by atoms with Crippen LogP contribution in [0.25, 0.3) is 0 Å². The molecule has 0 heterocycles. The fourth-order valence-electron chi connectivity index (χ4n) is 2.71. The van der Waals surface area contributed by atoms with Crippen molar-refractivity contribution < 1.29 is 14.2 Å². The molecule has 0 bridgehead atoms. The molecule has 0 atom stereocenters. The van der Waals surface area contributed by atoms with Crippen LogP contribution in [0, 0.1) is 0 Å². The average Bonchev–Trinajstić information content (AvgIpc) is 2.72. The lowest BCUT2D eigenvalue weighted by atomic mass is 10.2. The van der Waals surface area contributed by atoms with E-state index in [2.05, 4.69) is 12.2 Å². The minimum Gasteiger partial charge on any atom is -0.490 e. The first-order valence-electron chi connectivity index (χ1n) is 10.2. The molecule has 0 aliphatic rings. The van der Waals surface area contributed by atoms with E-state index in [1.165, 1.54) is 6.42 Å². The maximum atomic E-state index is 6.48. The predicted octanol–water partition coefficient (Wildman–Crippen LogP) is 6.27. The first-order chi connectivity index (χ1) is 14.1. The molecule has 6 heteroatoms. The Balaban J connectivity index is 1.88. The van der Waals surface area contributed by atoms with E-state index in [0.29, 0.717) is 41.3 Å². The molecule has 160 valence electrons. The van der Waals surface area contributed by atoms with E-state index < -0.39 is 0 Å². The molecule has 0 spiro atoms. The summed E-state index contributed by atoms with van der Waals surface area (Å²) in [7, 11) is 0. The summed E-state index contributed by atoms with van der Waals surface area (Å²) < 4.78 is 17.3. The number of benzene rings is 2. The molecule has 2 aromatic rings. The Bertz CT molecular complexity index is 723. The second-order valence-electron chi connectivity index (χ2n) is 6.73. The van der Waals surface area contributed by atoms with Crippen LogP contribution < -0.4 is 14.8 Å². The summed E-state index contributed by atoms with van der Waals surface area (Å²) in [5.41, 5.74) is 2.01. The van der Waals surface area contributed by atoms with Gasteiger partial charge in [-0.15, -0.1) is 0 Å². The van der Waals surface area contributed by atoms with Crippen LogP contribution in [0.15, 0.2) is 36.4 Å². The summed E-state index contributed by atoms with van der Waals surface area (Å²) in [6.07, 6.45) is 3.26. The summed E-state index contributed by atoms with van der Waals surface area (Å²) >= 11 is 12.4. The maximum Gasteiger partial charge on any atom is 0.163 e. The molecule has 29 heavy (non-hydrogen) atoms. The van der Waals surface area contributed by atoms with Gasteiger partial charge in [0, 0.05) is 35.9 Å². The van der Waals surface area contributed by atoms with Gasteiger partial charge in [-0.2, -0.15) is 0 Å². The van der Waals surface area contributed by atoms with Gasteiger partial charge in [-0.1, -0.05) is 48.7 Å². The largest absolute Gasteiger partial charge is 0.490 e. The second-order valence-corrected chi connectivity index (χ2v) is 7.58. The summed E-state index contributed by atoms with van der Waals surface area (Å²) in [4.78, 5) is 0. The SMILES string of the molecule is CCCCOCCCNCc1cc(OCC)c(OCc2ccc(Cl)cc2)cc1Cl. The summed E-state index contributed by atoms with van der Waals surface area (Å²) in [5, 5.41) is 4.78. The number of rotatable bonds is 14. The van der Waals surface area contributed by atoms with Gasteiger partial charge in [0.1, 0.15) is 6.61 Å². The number of ether oxygens (including phenoxy) is 3. The van der Waals surface area contributed by atoms with Gasteiger partial charge in [0.05, 0.1) is 6.61 Å². The molecule has 0 saturated heterocycles. The summed E-state index contributed by atoms with van der Waals surface area (Å²) in [6.45, 7) is 8.27. The molecule has 0 aromatic heterocycles. The zero-order valence-electron chi connectivity index (χ0n) is 17.3. The molecule has 0 unspecified atom stereocenters. The van der Waals surface area contributed by atoms with E-state index in [9.17, 15) is 0 Å². The van der Waals surface area contributed by atoms with Crippen LogP contribution in [0.3, 0.4) is 0 Å². The molecule has 0 fully saturated rings. The van der Waals surface area contributed by atoms with Crippen molar-refractivity contribution in [1.29, 1.82) is 0 Å². The molecule has 4 nitrogen and oxygen atoms in total. The van der Waals surface area contributed by atoms with E-state index in [1.54, 1.807) is 0 Å². The van der Waals surface area contributed by atoms with E-state index >= 15 is 0 Å². The molecular weight excluding hydrogens is 409 g/mol. The van der Waals surface area contributed by atoms with Gasteiger partial charge in [0.25, 0.3) is 0 Å². The molecule has 0 aliphatic heterocycles. The van der Waals surface area contributed by atoms with Gasteiger partial charge in [-0.25, -0.2) is 0 Å². The number of halogens is 2. The molecule has 0 amide bonds. The first-order valence-corrected chi connectivity index (χ1v) is 11.0. The Morgan fingerprint density at radius 2 is 1.62 bits per heavy atom. The Morgan fingerprint density at radius 3 is 2.34 bits per heavy atom. The van der Waals surface area contributed by atoms with E-state index in [0.717, 1.165) is 43.7 Å². The highest BCUT2D eigenvalue weighted by Crippen LogP contribution is 2.34. The number of unbranched alkanes of at least 4 members (excludes halogenated alkanes) is 1. The van der Waals surface area contributed by atoms with Crippen LogP contribution in [-0.4, -0.2) is 26.4 Å². The van der Waals surface area contributed by atoms with Gasteiger partial charge in [-0.3, -0.25) is 0 Å². The lowest BCUT2D eigenvalue weighted by Crippen LogP contribution is -2.17. The van der Waals surface area contributed by atoms with Gasteiger partial charge in [0.2, 0.25) is 0 Å². The quantitative estimate of drug-likeness (QED) is 0.352. The minimum absolute atomic E-state index is 0.420. The zero-order chi connectivity index (χ0) is 20.9. The third-order valence-electron chi connectivity index (χ3n) is 4.32. The lowest BCUT2D eigenvalue weighted by Gasteiger charge is -2.15. The number of nitrogens with one attached hydrogen (secondary N) is 1. The van der Waals surface area contributed by atoms with E-state index in [-0.39, 0.29) is 0 Å². The standard InChI is InChI=1S/C23H31Cl2NO3/c1-3-5-12-27-13-6-11-26-16-19-14-22(28-4-2)23(15-21(19)25)29-17-18-7-9-20(24)10-8-18/h7-10,14-15,26H,3-6,11-13,16-17H2,1-2H3. The molecular formula is C23H31Cl2NO3. The Morgan fingerprint density at radius 1 is 0.897 bits per heavy atom. The number of hydrogen-bond donors (Lipinski definition) is 1. The van der Waals surface area contributed by atoms with Gasteiger partial charge in [0.15, 0.2) is 11.5 Å². The topological polar surface area (TPSA) is 39.7 Å². The van der Waals surface area contributed by atoms with Crippen molar-refractivity contribution >= 4 is 23.2 Å². The van der Waals surface area contributed by atoms with Crippen molar-refractivity contribution in [3.8, 4) is 11.5 Å². The average molecular weight is 440 g/mol. The van der Waals surface area contributed by atoms with E-state index in [4.69, 9.17) is 37.4 Å². The van der Waals surface area contributed by atoms with Crippen LogP contribution in [0.4, 0.5) is 0 Å². The van der Waals surface area contributed by atoms with Gasteiger partial charge in [-0.05, 0) is 55.6 Å². The second kappa shape index (κ2) is 13.7. The Labute approximate surface area is 184 Å². The Hall–Kier alpha value is -1.46. The molecule has 0 saturated carbocycles. The van der Waals surface area contributed by atoms with Crippen molar-refractivity contribution in [2.75, 3.05) is 26.4 Å². The van der Waals surface area contributed by atoms with Crippen LogP contribution in [0.1, 0.15) is 44.2 Å². The normalized spacial score (nSPS) is 10.9. The summed E-state index contributed by atoms with van der Waals surface area (Å²) in [5.74, 6) is 1.34. The maximum absolute atomic E-state index is 6.48. The monoisotopic (exact) mass is 439 g/mol. The van der Waals surface area contributed by atoms with Crippen LogP contribution >= 0.6 is 23.2 Å². The first kappa shape index (κ1) is 23.8. The van der Waals surface area contributed by atoms with Gasteiger partial charge < -0.3 is 19.5 Å². The predicted molar refractivity (Wildman–Crippen MR) is 120 cm³/mol. The summed E-state index contributed by atoms with van der Waals surface area (Å²) in [6, 6.07) is 11.4. The smallest absolute Gasteiger partial charge is 0.163 e. The van der Waals surface area contributed by atoms with Crippen molar-refractivity contribution in [3.05, 3.63) is 57.6 Å². The highest BCUT2D eigenvalue weighted by atomic mass is 35.5. The van der Waals surface area contributed by atoms with Crippen LogP contribution in [0.5, 0.6) is 11.5 Å². The molecule has 2 rings (SSSR count). The van der Waals surface area contributed by atoms with Crippen molar-refractivity contribution in [1.82, 2.24) is 5.32 Å². The minimum atomic E-state index is 0.420. The molecule has 0 radical (unpaired) electrons. The zero-order valence-corrected chi connectivity index (χ0v) is 18.8. The molecule has 2 aromatic carbocycles. The van der Waals surface area contributed by atoms with Crippen molar-refractivity contribution in [3.63, 3.8) is 0 Å². The highest BCUT2D eigenvalue weighted by Gasteiger charge is 2.11. The molecule has 0 aliphatic carbocycles. The highest BCUT2D eigenvalue weighted by molar-refractivity contribution is 6.31. The van der Waals surface area contributed by atoms with Gasteiger partial charge >= 0.3 is 0 Å². The fraction of sp³-hybridized carbons (Fsp3) is 0.478. The molecule has 1 N–H and O–H groups in total. The van der Waals surface area contributed by atoms with E-state index in [1.807, 2.05) is 43.3 Å². The fourth-order valence-corrected chi connectivity index (χ4v) is 3.05. The van der Waals surface area contributed by atoms with Crippen molar-refractivity contribution in [2.24, 2.45) is 0 Å².